The fraction of sp³-hybridized carbons (Fsp3) is 0.364. The van der Waals surface area contributed by atoms with Crippen LogP contribution in [0.1, 0.15) is 48.0 Å². The SMILES string of the molecule is CC(C)NC(=O)c1cc(NC(=O)C(Cl)c2ccccc2)ccc1N1CCCC1. The predicted octanol–water partition coefficient (Wildman–Crippen LogP) is 4.34. The summed E-state index contributed by atoms with van der Waals surface area (Å²) in [5, 5.41) is 4.99. The summed E-state index contributed by atoms with van der Waals surface area (Å²) in [6.45, 7) is 5.73. The second kappa shape index (κ2) is 9.11. The van der Waals surface area contributed by atoms with Gasteiger partial charge in [0, 0.05) is 30.5 Å². The van der Waals surface area contributed by atoms with Crippen molar-refractivity contribution in [1.82, 2.24) is 5.32 Å². The minimum atomic E-state index is -0.799. The molecular formula is C22H26ClN3O2. The summed E-state index contributed by atoms with van der Waals surface area (Å²) in [4.78, 5) is 27.5. The molecular weight excluding hydrogens is 374 g/mol. The van der Waals surface area contributed by atoms with Crippen LogP contribution in [0.15, 0.2) is 48.5 Å². The number of hydrogen-bond acceptors (Lipinski definition) is 3. The number of anilines is 2. The Bertz CT molecular complexity index is 833. The van der Waals surface area contributed by atoms with Crippen LogP contribution in [0.4, 0.5) is 11.4 Å². The second-order valence-electron chi connectivity index (χ2n) is 7.32. The van der Waals surface area contributed by atoms with Crippen LogP contribution in [0.5, 0.6) is 0 Å². The van der Waals surface area contributed by atoms with Crippen molar-refractivity contribution < 1.29 is 9.59 Å². The summed E-state index contributed by atoms with van der Waals surface area (Å²) in [7, 11) is 0. The van der Waals surface area contributed by atoms with Crippen LogP contribution in [0.3, 0.4) is 0 Å². The number of nitrogens with zero attached hydrogens (tertiary/aromatic N) is 1. The third-order valence-corrected chi connectivity index (χ3v) is 5.15. The minimum Gasteiger partial charge on any atom is -0.371 e. The van der Waals surface area contributed by atoms with E-state index in [0.717, 1.165) is 37.2 Å². The molecule has 2 aromatic rings. The molecule has 1 atom stereocenters. The van der Waals surface area contributed by atoms with E-state index in [1.165, 1.54) is 0 Å². The maximum absolute atomic E-state index is 12.7. The number of hydrogen-bond donors (Lipinski definition) is 2. The first kappa shape index (κ1) is 20.2. The van der Waals surface area contributed by atoms with Gasteiger partial charge in [-0.3, -0.25) is 9.59 Å². The average Bonchev–Trinajstić information content (AvgIpc) is 3.22. The summed E-state index contributed by atoms with van der Waals surface area (Å²) >= 11 is 6.31. The molecule has 2 amide bonds. The van der Waals surface area contributed by atoms with E-state index < -0.39 is 5.38 Å². The van der Waals surface area contributed by atoms with Gasteiger partial charge in [0.1, 0.15) is 5.38 Å². The monoisotopic (exact) mass is 399 g/mol. The van der Waals surface area contributed by atoms with E-state index in [-0.39, 0.29) is 17.9 Å². The van der Waals surface area contributed by atoms with Crippen molar-refractivity contribution >= 4 is 34.8 Å². The molecule has 1 unspecified atom stereocenters. The van der Waals surface area contributed by atoms with Gasteiger partial charge in [-0.05, 0) is 50.5 Å². The highest BCUT2D eigenvalue weighted by Gasteiger charge is 2.22. The molecule has 0 aliphatic carbocycles. The van der Waals surface area contributed by atoms with Gasteiger partial charge in [-0.2, -0.15) is 0 Å². The van der Waals surface area contributed by atoms with Gasteiger partial charge in [-0.15, -0.1) is 11.6 Å². The summed E-state index contributed by atoms with van der Waals surface area (Å²) in [5.74, 6) is -0.463. The van der Waals surface area contributed by atoms with Crippen LogP contribution in [0, 0.1) is 0 Å². The van der Waals surface area contributed by atoms with Crippen LogP contribution in [-0.4, -0.2) is 30.9 Å². The smallest absolute Gasteiger partial charge is 0.253 e. The Kier molecular flexibility index (Phi) is 6.57. The number of carbonyl (C=O) groups is 2. The van der Waals surface area contributed by atoms with Crippen LogP contribution >= 0.6 is 11.6 Å². The Morgan fingerprint density at radius 2 is 1.71 bits per heavy atom. The normalized spacial score (nSPS) is 14.8. The van der Waals surface area contributed by atoms with Crippen LogP contribution in [-0.2, 0) is 4.79 Å². The van der Waals surface area contributed by atoms with Gasteiger partial charge in [-0.25, -0.2) is 0 Å². The molecule has 5 nitrogen and oxygen atoms in total. The van der Waals surface area contributed by atoms with Crippen LogP contribution < -0.4 is 15.5 Å². The van der Waals surface area contributed by atoms with E-state index in [2.05, 4.69) is 15.5 Å². The largest absolute Gasteiger partial charge is 0.371 e. The van der Waals surface area contributed by atoms with E-state index in [1.54, 1.807) is 6.07 Å². The molecule has 0 saturated carbocycles. The number of alkyl halides is 1. The Morgan fingerprint density at radius 1 is 1.04 bits per heavy atom. The number of carbonyl (C=O) groups excluding carboxylic acids is 2. The number of amides is 2. The molecule has 6 heteroatoms. The Balaban J connectivity index is 1.83. The molecule has 0 bridgehead atoms. The number of halogens is 1. The zero-order valence-corrected chi connectivity index (χ0v) is 17.0. The first-order chi connectivity index (χ1) is 13.5. The number of benzene rings is 2. The summed E-state index contributed by atoms with van der Waals surface area (Å²) in [6, 6.07) is 14.7. The molecule has 1 aliphatic rings. The molecule has 3 rings (SSSR count). The van der Waals surface area contributed by atoms with Gasteiger partial charge >= 0.3 is 0 Å². The lowest BCUT2D eigenvalue weighted by molar-refractivity contribution is -0.116. The fourth-order valence-electron chi connectivity index (χ4n) is 3.35. The lowest BCUT2D eigenvalue weighted by Gasteiger charge is -2.22. The van der Waals surface area contributed by atoms with E-state index in [9.17, 15) is 9.59 Å². The first-order valence-electron chi connectivity index (χ1n) is 9.65. The van der Waals surface area contributed by atoms with Crippen LogP contribution in [0.2, 0.25) is 0 Å². The minimum absolute atomic E-state index is 0.0301. The standard InChI is InChI=1S/C22H26ClN3O2/c1-15(2)24-21(27)18-14-17(10-11-19(18)26-12-6-7-13-26)25-22(28)20(23)16-8-4-3-5-9-16/h3-5,8-11,14-15,20H,6-7,12-13H2,1-2H3,(H,24,27)(H,25,28). The Hall–Kier alpha value is -2.53. The zero-order chi connectivity index (χ0) is 20.1. The molecule has 28 heavy (non-hydrogen) atoms. The second-order valence-corrected chi connectivity index (χ2v) is 7.75. The van der Waals surface area contributed by atoms with E-state index >= 15 is 0 Å². The average molecular weight is 400 g/mol. The van der Waals surface area contributed by atoms with Gasteiger partial charge in [0.05, 0.1) is 5.56 Å². The lowest BCUT2D eigenvalue weighted by atomic mass is 10.1. The van der Waals surface area contributed by atoms with Crippen molar-refractivity contribution in [2.45, 2.75) is 38.1 Å². The topological polar surface area (TPSA) is 61.4 Å². The highest BCUT2D eigenvalue weighted by atomic mass is 35.5. The molecule has 148 valence electrons. The fourth-order valence-corrected chi connectivity index (χ4v) is 3.55. The first-order valence-corrected chi connectivity index (χ1v) is 10.1. The van der Waals surface area contributed by atoms with E-state index in [0.29, 0.717) is 11.3 Å². The molecule has 2 N–H and O–H groups in total. The van der Waals surface area contributed by atoms with Crippen molar-refractivity contribution in [2.75, 3.05) is 23.3 Å². The molecule has 2 aromatic carbocycles. The van der Waals surface area contributed by atoms with Crippen molar-refractivity contribution in [2.24, 2.45) is 0 Å². The highest BCUT2D eigenvalue weighted by Crippen LogP contribution is 2.29. The summed E-state index contributed by atoms with van der Waals surface area (Å²) in [6.07, 6.45) is 2.24. The van der Waals surface area contributed by atoms with Crippen molar-refractivity contribution in [1.29, 1.82) is 0 Å². The van der Waals surface area contributed by atoms with Gasteiger partial charge in [-0.1, -0.05) is 30.3 Å². The van der Waals surface area contributed by atoms with Gasteiger partial charge in [0.25, 0.3) is 5.91 Å². The quantitative estimate of drug-likeness (QED) is 0.710. The molecule has 1 aliphatic heterocycles. The highest BCUT2D eigenvalue weighted by molar-refractivity contribution is 6.32. The van der Waals surface area contributed by atoms with Gasteiger partial charge in [0.2, 0.25) is 5.91 Å². The molecule has 0 aromatic heterocycles. The molecule has 1 heterocycles. The molecule has 1 saturated heterocycles. The van der Waals surface area contributed by atoms with E-state index in [4.69, 9.17) is 11.6 Å². The Labute approximate surface area is 171 Å². The maximum atomic E-state index is 12.7. The third-order valence-electron chi connectivity index (χ3n) is 4.70. The maximum Gasteiger partial charge on any atom is 0.253 e. The zero-order valence-electron chi connectivity index (χ0n) is 16.2. The molecule has 0 radical (unpaired) electrons. The third kappa shape index (κ3) is 4.84. The van der Waals surface area contributed by atoms with Crippen molar-refractivity contribution in [3.05, 3.63) is 59.7 Å². The van der Waals surface area contributed by atoms with E-state index in [1.807, 2.05) is 56.3 Å². The van der Waals surface area contributed by atoms with Crippen molar-refractivity contribution in [3.63, 3.8) is 0 Å². The van der Waals surface area contributed by atoms with Gasteiger partial charge in [0.15, 0.2) is 0 Å². The molecule has 1 fully saturated rings. The number of rotatable bonds is 6. The molecule has 0 spiro atoms. The lowest BCUT2D eigenvalue weighted by Crippen LogP contribution is -2.32. The number of nitrogens with one attached hydrogen (secondary N) is 2. The Morgan fingerprint density at radius 3 is 2.36 bits per heavy atom. The predicted molar refractivity (Wildman–Crippen MR) is 114 cm³/mol. The summed E-state index contributed by atoms with van der Waals surface area (Å²) in [5.41, 5.74) is 2.76. The van der Waals surface area contributed by atoms with Crippen LogP contribution in [0.25, 0.3) is 0 Å². The summed E-state index contributed by atoms with van der Waals surface area (Å²) < 4.78 is 0. The van der Waals surface area contributed by atoms with Gasteiger partial charge < -0.3 is 15.5 Å². The van der Waals surface area contributed by atoms with Crippen molar-refractivity contribution in [3.8, 4) is 0 Å².